The highest BCUT2D eigenvalue weighted by Gasteiger charge is 2.01. The third-order valence-electron chi connectivity index (χ3n) is 3.91. The molecule has 0 aliphatic carbocycles. The number of guanidine groups is 1. The highest BCUT2D eigenvalue weighted by atomic mass is 127. The second-order valence-corrected chi connectivity index (χ2v) is 6.91. The fourth-order valence-corrected chi connectivity index (χ4v) is 2.76. The van der Waals surface area contributed by atoms with Gasteiger partial charge in [-0.3, -0.25) is 4.68 Å². The quantitative estimate of drug-likeness (QED) is 0.181. The Balaban J connectivity index is 0.00000280. The smallest absolute Gasteiger partial charge is 0.191 e. The molecule has 2 heterocycles. The van der Waals surface area contributed by atoms with Crippen LogP contribution in [0.4, 0.5) is 0 Å². The first-order chi connectivity index (χ1) is 13.3. The molecule has 0 amide bonds. The molecule has 2 N–H and O–H groups in total. The van der Waals surface area contributed by atoms with E-state index in [-0.39, 0.29) is 24.0 Å². The van der Waals surface area contributed by atoms with Gasteiger partial charge in [0.1, 0.15) is 5.76 Å². The number of rotatable bonds is 9. The van der Waals surface area contributed by atoms with Gasteiger partial charge in [0.05, 0.1) is 19.0 Å². The maximum atomic E-state index is 5.38. The van der Waals surface area contributed by atoms with Crippen LogP contribution in [0.3, 0.4) is 0 Å². The predicted octanol–water partition coefficient (Wildman–Crippen LogP) is 3.62. The Bertz CT molecular complexity index is 806. The van der Waals surface area contributed by atoms with Crippen LogP contribution < -0.4 is 10.6 Å². The summed E-state index contributed by atoms with van der Waals surface area (Å²) in [6.07, 6.45) is 6.99. The Kier molecular flexibility index (Phi) is 10.0. The van der Waals surface area contributed by atoms with Gasteiger partial charge in [0, 0.05) is 36.7 Å². The number of aromatic nitrogens is 3. The number of halogens is 2. The van der Waals surface area contributed by atoms with Crippen molar-refractivity contribution in [3.05, 3.63) is 70.9 Å². The predicted molar refractivity (Wildman–Crippen MR) is 124 cm³/mol. The van der Waals surface area contributed by atoms with Gasteiger partial charge in [0.2, 0.25) is 0 Å². The Labute approximate surface area is 190 Å². The number of aliphatic imine (C=N–C) groups is 1. The fraction of sp³-hybridized carbons (Fsp3) is 0.316. The second kappa shape index (κ2) is 12.6. The van der Waals surface area contributed by atoms with Crippen LogP contribution in [-0.2, 0) is 19.5 Å². The van der Waals surface area contributed by atoms with Gasteiger partial charge in [-0.05, 0) is 36.2 Å². The van der Waals surface area contributed by atoms with Crippen molar-refractivity contribution in [3.63, 3.8) is 0 Å². The summed E-state index contributed by atoms with van der Waals surface area (Å²) in [6.45, 7) is 2.99. The molecule has 0 aliphatic heterocycles. The fourth-order valence-electron chi connectivity index (χ4n) is 2.49. The molecule has 0 spiro atoms. The van der Waals surface area contributed by atoms with Gasteiger partial charge >= 0.3 is 0 Å². The molecule has 9 heteroatoms. The van der Waals surface area contributed by atoms with Crippen LogP contribution in [0.25, 0.3) is 0 Å². The lowest BCUT2D eigenvalue weighted by Crippen LogP contribution is -2.39. The van der Waals surface area contributed by atoms with E-state index in [0.29, 0.717) is 6.54 Å². The first-order valence-electron chi connectivity index (χ1n) is 8.93. The minimum atomic E-state index is 0. The monoisotopic (exact) mass is 558 g/mol. The lowest BCUT2D eigenvalue weighted by molar-refractivity contribution is 0.506. The Morgan fingerprint density at radius 2 is 1.96 bits per heavy atom. The van der Waals surface area contributed by atoms with E-state index in [1.54, 1.807) is 12.5 Å². The number of furan rings is 1. The van der Waals surface area contributed by atoms with Gasteiger partial charge in [-0.25, -0.2) is 4.99 Å². The van der Waals surface area contributed by atoms with Gasteiger partial charge in [0.15, 0.2) is 5.96 Å². The Morgan fingerprint density at radius 1 is 1.14 bits per heavy atom. The zero-order chi connectivity index (χ0) is 18.7. The molecule has 0 unspecified atom stereocenters. The van der Waals surface area contributed by atoms with E-state index in [2.05, 4.69) is 49.0 Å². The van der Waals surface area contributed by atoms with Gasteiger partial charge in [0.25, 0.3) is 0 Å². The molecule has 3 aromatic rings. The lowest BCUT2D eigenvalue weighted by Gasteiger charge is -2.12. The highest BCUT2D eigenvalue weighted by molar-refractivity contribution is 14.0. The summed E-state index contributed by atoms with van der Waals surface area (Å²) in [5.74, 6) is 1.75. The molecule has 28 heavy (non-hydrogen) atoms. The Morgan fingerprint density at radius 3 is 2.68 bits per heavy atom. The first kappa shape index (κ1) is 22.4. The molecule has 0 bridgehead atoms. The lowest BCUT2D eigenvalue weighted by atomic mass is 10.2. The van der Waals surface area contributed by atoms with Crippen molar-refractivity contribution in [1.29, 1.82) is 0 Å². The van der Waals surface area contributed by atoms with Crippen molar-refractivity contribution in [2.45, 2.75) is 25.9 Å². The number of hydrogen-bond acceptors (Lipinski definition) is 4. The number of aryl methyl sites for hydroxylation is 1. The highest BCUT2D eigenvalue weighted by Crippen LogP contribution is 2.11. The van der Waals surface area contributed by atoms with Crippen molar-refractivity contribution < 1.29 is 4.42 Å². The molecule has 0 aliphatic rings. The third kappa shape index (κ3) is 8.01. The molecule has 2 aromatic heterocycles. The molecule has 0 atom stereocenters. The summed E-state index contributed by atoms with van der Waals surface area (Å²) >= 11 is 3.46. The van der Waals surface area contributed by atoms with Crippen LogP contribution >= 0.6 is 39.9 Å². The summed E-state index contributed by atoms with van der Waals surface area (Å²) in [5.41, 5.74) is 1.16. The summed E-state index contributed by atoms with van der Waals surface area (Å²) in [4.78, 5) is 4.69. The van der Waals surface area contributed by atoms with Crippen molar-refractivity contribution >= 4 is 45.9 Å². The maximum Gasteiger partial charge on any atom is 0.191 e. The summed E-state index contributed by atoms with van der Waals surface area (Å²) in [6, 6.07) is 12.1. The van der Waals surface area contributed by atoms with Crippen LogP contribution in [-0.4, -0.2) is 34.0 Å². The Hall–Kier alpha value is -1.88. The maximum absolute atomic E-state index is 5.38. The second-order valence-electron chi connectivity index (χ2n) is 5.99. The normalized spacial score (nSPS) is 11.1. The molecule has 0 fully saturated rings. The number of nitrogens with one attached hydrogen (secondary N) is 2. The summed E-state index contributed by atoms with van der Waals surface area (Å²) in [7, 11) is 0. The van der Waals surface area contributed by atoms with Crippen LogP contribution in [0.1, 0.15) is 17.7 Å². The van der Waals surface area contributed by atoms with Crippen LogP contribution in [0, 0.1) is 0 Å². The summed E-state index contributed by atoms with van der Waals surface area (Å²) < 4.78 is 8.27. The van der Waals surface area contributed by atoms with E-state index in [1.165, 1.54) is 0 Å². The molecular weight excluding hydrogens is 535 g/mol. The van der Waals surface area contributed by atoms with Crippen molar-refractivity contribution in [3.8, 4) is 0 Å². The van der Waals surface area contributed by atoms with E-state index in [4.69, 9.17) is 9.41 Å². The minimum absolute atomic E-state index is 0. The van der Waals surface area contributed by atoms with E-state index in [9.17, 15) is 0 Å². The van der Waals surface area contributed by atoms with Crippen molar-refractivity contribution in [2.24, 2.45) is 4.99 Å². The van der Waals surface area contributed by atoms with E-state index in [1.807, 2.05) is 35.1 Å². The molecule has 0 radical (unpaired) electrons. The number of hydrogen-bond donors (Lipinski definition) is 2. The topological polar surface area (TPSA) is 80.3 Å². The molecule has 0 saturated carbocycles. The standard InChI is InChI=1S/C19H23BrN6O.HI/c20-17-6-4-16(5-7-17)15-23-19(22-10-8-18-3-1-14-27-18)21-9-2-12-26-13-11-24-25-26;/h1,3-7,11,13-14H,2,8-10,12,15H2,(H2,21,22,23);1H. The molecule has 150 valence electrons. The van der Waals surface area contributed by atoms with Crippen LogP contribution in [0.5, 0.6) is 0 Å². The average Bonchev–Trinajstić information content (AvgIpc) is 3.38. The zero-order valence-electron chi connectivity index (χ0n) is 15.4. The zero-order valence-corrected chi connectivity index (χ0v) is 19.3. The third-order valence-corrected chi connectivity index (χ3v) is 4.43. The molecule has 1 aromatic carbocycles. The van der Waals surface area contributed by atoms with Crippen molar-refractivity contribution in [2.75, 3.05) is 13.1 Å². The largest absolute Gasteiger partial charge is 0.469 e. The number of nitrogens with zero attached hydrogens (tertiary/aromatic N) is 4. The van der Waals surface area contributed by atoms with E-state index < -0.39 is 0 Å². The molecule has 3 rings (SSSR count). The minimum Gasteiger partial charge on any atom is -0.469 e. The molecule has 7 nitrogen and oxygen atoms in total. The van der Waals surface area contributed by atoms with Crippen LogP contribution in [0.15, 0.2) is 68.9 Å². The van der Waals surface area contributed by atoms with Gasteiger partial charge in [-0.2, -0.15) is 0 Å². The van der Waals surface area contributed by atoms with Crippen LogP contribution in [0.2, 0.25) is 0 Å². The van der Waals surface area contributed by atoms with E-state index >= 15 is 0 Å². The summed E-state index contributed by atoms with van der Waals surface area (Å²) in [5, 5.41) is 14.5. The first-order valence-corrected chi connectivity index (χ1v) is 9.72. The molecular formula is C19H24BrIN6O. The number of benzene rings is 1. The SMILES string of the molecule is Brc1ccc(CN=C(NCCCn2ccnn2)NCCc2ccco2)cc1.I. The van der Waals surface area contributed by atoms with Gasteiger partial charge < -0.3 is 15.1 Å². The van der Waals surface area contributed by atoms with Gasteiger partial charge in [-0.15, -0.1) is 29.1 Å². The van der Waals surface area contributed by atoms with Crippen molar-refractivity contribution in [1.82, 2.24) is 25.6 Å². The van der Waals surface area contributed by atoms with E-state index in [0.717, 1.165) is 54.2 Å². The average molecular weight is 559 g/mol. The van der Waals surface area contributed by atoms with Gasteiger partial charge in [-0.1, -0.05) is 33.3 Å². The molecule has 0 saturated heterocycles.